The minimum atomic E-state index is -0.500. The number of halogens is 1. The van der Waals surface area contributed by atoms with Crippen LogP contribution in [0.1, 0.15) is 10.7 Å². The first kappa shape index (κ1) is 16.0. The van der Waals surface area contributed by atoms with Crippen LogP contribution < -0.4 is 5.32 Å². The maximum atomic E-state index is 12.2. The zero-order valence-corrected chi connectivity index (χ0v) is 14.0. The van der Waals surface area contributed by atoms with Gasteiger partial charge in [0.05, 0.1) is 11.9 Å². The molecule has 8 nitrogen and oxygen atoms in total. The van der Waals surface area contributed by atoms with Crippen molar-refractivity contribution in [2.75, 3.05) is 5.32 Å². The quantitative estimate of drug-likeness (QED) is 0.595. The van der Waals surface area contributed by atoms with Crippen LogP contribution in [0.15, 0.2) is 65.3 Å². The lowest BCUT2D eigenvalue weighted by molar-refractivity contribution is 0.0981. The molecule has 0 aliphatic carbocycles. The molecule has 0 aliphatic heterocycles. The molecule has 1 N–H and O–H groups in total. The predicted octanol–water partition coefficient (Wildman–Crippen LogP) is 3.22. The first-order valence-electron chi connectivity index (χ1n) is 7.58. The third-order valence-corrected chi connectivity index (χ3v) is 3.72. The minimum Gasteiger partial charge on any atom is -0.328 e. The smallest absolute Gasteiger partial charge is 0.316 e. The number of aromatic nitrogens is 5. The number of rotatable bonds is 4. The molecular weight excluding hydrogens is 356 g/mol. The number of benzene rings is 2. The Morgan fingerprint density at radius 2 is 1.85 bits per heavy atom. The number of anilines is 1. The summed E-state index contributed by atoms with van der Waals surface area (Å²) in [6, 6.07) is 16.1. The van der Waals surface area contributed by atoms with Gasteiger partial charge in [0.1, 0.15) is 0 Å². The molecule has 0 spiro atoms. The van der Waals surface area contributed by atoms with Crippen LogP contribution in [0.2, 0.25) is 5.02 Å². The number of carbonyl (C=O) groups excluding carboxylic acids is 1. The molecule has 0 atom stereocenters. The van der Waals surface area contributed by atoms with E-state index in [4.69, 9.17) is 16.1 Å². The summed E-state index contributed by atoms with van der Waals surface area (Å²) in [5.74, 6) is -0.492. The minimum absolute atomic E-state index is 0.162. The lowest BCUT2D eigenvalue weighted by atomic mass is 10.3. The van der Waals surface area contributed by atoms with Gasteiger partial charge in [0.15, 0.2) is 5.69 Å². The van der Waals surface area contributed by atoms with E-state index in [-0.39, 0.29) is 11.7 Å². The average Bonchev–Trinajstić information content (AvgIpc) is 3.33. The highest BCUT2D eigenvalue weighted by Gasteiger charge is 2.18. The topological polar surface area (TPSA) is 98.7 Å². The Labute approximate surface area is 152 Å². The third kappa shape index (κ3) is 3.31. The number of amides is 1. The van der Waals surface area contributed by atoms with Gasteiger partial charge in [-0.25, -0.2) is 4.68 Å². The van der Waals surface area contributed by atoms with Crippen LogP contribution in [0.25, 0.3) is 17.2 Å². The van der Waals surface area contributed by atoms with Crippen molar-refractivity contribution in [2.24, 2.45) is 0 Å². The highest BCUT2D eigenvalue weighted by atomic mass is 35.5. The molecule has 0 bridgehead atoms. The number of carbonyl (C=O) groups is 1. The molecule has 2 aromatic heterocycles. The molecule has 4 rings (SSSR count). The second-order valence-corrected chi connectivity index (χ2v) is 5.70. The van der Waals surface area contributed by atoms with Crippen LogP contribution in [-0.4, -0.2) is 31.0 Å². The summed E-state index contributed by atoms with van der Waals surface area (Å²) in [5, 5.41) is 15.1. The van der Waals surface area contributed by atoms with Gasteiger partial charge in [-0.05, 0) is 36.4 Å². The van der Waals surface area contributed by atoms with E-state index in [1.54, 1.807) is 47.3 Å². The zero-order valence-electron chi connectivity index (χ0n) is 13.2. The first-order valence-corrected chi connectivity index (χ1v) is 7.95. The number of hydrogen-bond donors (Lipinski definition) is 1. The average molecular weight is 367 g/mol. The Morgan fingerprint density at radius 3 is 2.62 bits per heavy atom. The summed E-state index contributed by atoms with van der Waals surface area (Å²) < 4.78 is 6.56. The summed E-state index contributed by atoms with van der Waals surface area (Å²) in [7, 11) is 0. The molecule has 0 saturated carbocycles. The summed E-state index contributed by atoms with van der Waals surface area (Å²) in [5.41, 5.74) is 1.78. The fraction of sp³-hybridized carbons (Fsp3) is 0. The second kappa shape index (κ2) is 6.77. The summed E-state index contributed by atoms with van der Waals surface area (Å²) in [4.78, 5) is 16.2. The van der Waals surface area contributed by atoms with Gasteiger partial charge in [0, 0.05) is 10.7 Å². The van der Waals surface area contributed by atoms with Crippen LogP contribution >= 0.6 is 11.6 Å². The Balaban J connectivity index is 1.53. The lowest BCUT2D eigenvalue weighted by Gasteiger charge is -1.99. The summed E-state index contributed by atoms with van der Waals surface area (Å²) >= 11 is 5.88. The van der Waals surface area contributed by atoms with Crippen LogP contribution in [0.4, 0.5) is 5.69 Å². The lowest BCUT2D eigenvalue weighted by Crippen LogP contribution is -2.12. The Kier molecular flexibility index (Phi) is 4.16. The third-order valence-electron chi connectivity index (χ3n) is 3.47. The van der Waals surface area contributed by atoms with Crippen molar-refractivity contribution in [2.45, 2.75) is 0 Å². The maximum Gasteiger partial charge on any atom is 0.316 e. The molecule has 0 aliphatic rings. The summed E-state index contributed by atoms with van der Waals surface area (Å²) in [6.45, 7) is 0. The van der Waals surface area contributed by atoms with Crippen molar-refractivity contribution in [3.05, 3.63) is 71.7 Å². The van der Waals surface area contributed by atoms with Gasteiger partial charge in [0.2, 0.25) is 5.82 Å². The Bertz CT molecular complexity index is 1040. The van der Waals surface area contributed by atoms with E-state index in [9.17, 15) is 4.79 Å². The van der Waals surface area contributed by atoms with Gasteiger partial charge in [0.25, 0.3) is 0 Å². The van der Waals surface area contributed by atoms with E-state index < -0.39 is 5.91 Å². The molecule has 2 heterocycles. The molecule has 1 amide bonds. The number of hydrogen-bond acceptors (Lipinski definition) is 6. The van der Waals surface area contributed by atoms with Gasteiger partial charge in [-0.3, -0.25) is 4.79 Å². The second-order valence-electron chi connectivity index (χ2n) is 5.27. The molecule has 9 heteroatoms. The molecule has 26 heavy (non-hydrogen) atoms. The monoisotopic (exact) mass is 366 g/mol. The molecule has 0 saturated heterocycles. The van der Waals surface area contributed by atoms with E-state index in [2.05, 4.69) is 25.8 Å². The van der Waals surface area contributed by atoms with E-state index in [0.717, 1.165) is 5.69 Å². The molecule has 4 aromatic rings. The van der Waals surface area contributed by atoms with Gasteiger partial charge in [-0.2, -0.15) is 4.98 Å². The van der Waals surface area contributed by atoms with Crippen molar-refractivity contribution in [3.63, 3.8) is 0 Å². The van der Waals surface area contributed by atoms with Gasteiger partial charge in [-0.15, -0.1) is 5.10 Å². The Hall–Kier alpha value is -3.52. The molecule has 0 radical (unpaired) electrons. The zero-order chi connectivity index (χ0) is 17.9. The van der Waals surface area contributed by atoms with Crippen LogP contribution in [-0.2, 0) is 0 Å². The fourth-order valence-electron chi connectivity index (χ4n) is 2.21. The van der Waals surface area contributed by atoms with Crippen molar-refractivity contribution in [1.82, 2.24) is 25.1 Å². The number of nitrogens with one attached hydrogen (secondary N) is 1. The number of nitrogens with zero attached hydrogens (tertiary/aromatic N) is 5. The highest BCUT2D eigenvalue weighted by Crippen LogP contribution is 2.17. The van der Waals surface area contributed by atoms with Crippen LogP contribution in [0.5, 0.6) is 0 Å². The van der Waals surface area contributed by atoms with E-state index in [1.807, 2.05) is 18.2 Å². The predicted molar refractivity (Wildman–Crippen MR) is 94.1 cm³/mol. The van der Waals surface area contributed by atoms with Crippen molar-refractivity contribution < 1.29 is 9.32 Å². The fourth-order valence-corrected chi connectivity index (χ4v) is 2.34. The molecule has 2 aromatic carbocycles. The molecular formula is C17H11ClN6O2. The van der Waals surface area contributed by atoms with Gasteiger partial charge in [-0.1, -0.05) is 40.2 Å². The normalized spacial score (nSPS) is 10.7. The van der Waals surface area contributed by atoms with E-state index in [0.29, 0.717) is 16.4 Å². The van der Waals surface area contributed by atoms with Crippen LogP contribution in [0, 0.1) is 0 Å². The van der Waals surface area contributed by atoms with Crippen molar-refractivity contribution >= 4 is 23.2 Å². The van der Waals surface area contributed by atoms with Crippen molar-refractivity contribution in [3.8, 4) is 17.2 Å². The van der Waals surface area contributed by atoms with Crippen LogP contribution in [0.3, 0.4) is 0 Å². The largest absolute Gasteiger partial charge is 0.328 e. The molecule has 128 valence electrons. The van der Waals surface area contributed by atoms with Gasteiger partial charge >= 0.3 is 11.8 Å². The van der Waals surface area contributed by atoms with Crippen molar-refractivity contribution in [1.29, 1.82) is 0 Å². The molecule has 0 unspecified atom stereocenters. The number of para-hydroxylation sites is 1. The highest BCUT2D eigenvalue weighted by molar-refractivity contribution is 6.30. The van der Waals surface area contributed by atoms with Gasteiger partial charge < -0.3 is 9.84 Å². The van der Waals surface area contributed by atoms with E-state index >= 15 is 0 Å². The maximum absolute atomic E-state index is 12.2. The summed E-state index contributed by atoms with van der Waals surface area (Å²) in [6.07, 6.45) is 1.63. The first-order chi connectivity index (χ1) is 12.7. The Morgan fingerprint density at radius 1 is 1.08 bits per heavy atom. The SMILES string of the molecule is O=C(Nc1ccccc1)c1nc(-c2cn(-c3ccc(Cl)cc3)nn2)no1. The standard InChI is InChI=1S/C17H11ClN6O2/c18-11-6-8-13(9-7-11)24-10-14(21-23-24)15-20-17(26-22-15)16(25)19-12-4-2-1-3-5-12/h1-10H,(H,19,25). The molecule has 0 fully saturated rings. The van der Waals surface area contributed by atoms with E-state index in [1.165, 1.54) is 0 Å².